The number of nitrogens with two attached hydrogens (primary N) is 1. The van der Waals surface area contributed by atoms with E-state index in [9.17, 15) is 0 Å². The van der Waals surface area contributed by atoms with E-state index in [1.807, 2.05) is 0 Å². The van der Waals surface area contributed by atoms with Crippen LogP contribution in [0.3, 0.4) is 0 Å². The highest BCUT2D eigenvalue weighted by Crippen LogP contribution is 2.25. The first-order valence-corrected chi connectivity index (χ1v) is 7.36. The molecule has 1 aromatic rings. The van der Waals surface area contributed by atoms with Crippen molar-refractivity contribution in [2.24, 2.45) is 5.73 Å². The molecular weight excluding hydrogens is 234 g/mol. The van der Waals surface area contributed by atoms with Crippen LogP contribution in [0.25, 0.3) is 0 Å². The molecule has 1 aliphatic heterocycles. The molecule has 0 amide bonds. The van der Waals surface area contributed by atoms with E-state index in [2.05, 4.69) is 55.0 Å². The summed E-state index contributed by atoms with van der Waals surface area (Å²) < 4.78 is 0. The molecular formula is C16H27N3. The summed E-state index contributed by atoms with van der Waals surface area (Å²) in [5.41, 5.74) is 8.74. The Kier molecular flexibility index (Phi) is 4.83. The van der Waals surface area contributed by atoms with Crippen molar-refractivity contribution >= 4 is 5.69 Å². The van der Waals surface area contributed by atoms with Gasteiger partial charge in [0.05, 0.1) is 0 Å². The van der Waals surface area contributed by atoms with Crippen LogP contribution in [0.5, 0.6) is 0 Å². The first-order valence-electron chi connectivity index (χ1n) is 7.36. The smallest absolute Gasteiger partial charge is 0.0402 e. The van der Waals surface area contributed by atoms with E-state index in [1.165, 1.54) is 24.2 Å². The average Bonchev–Trinajstić information content (AvgIpc) is 2.50. The van der Waals surface area contributed by atoms with Crippen LogP contribution < -0.4 is 10.6 Å². The van der Waals surface area contributed by atoms with Crippen LogP contribution in [0.2, 0.25) is 0 Å². The third-order valence-electron chi connectivity index (χ3n) is 3.89. The van der Waals surface area contributed by atoms with Crippen LogP contribution >= 0.6 is 0 Å². The van der Waals surface area contributed by atoms with E-state index in [0.29, 0.717) is 6.04 Å². The Balaban J connectivity index is 2.24. The molecule has 1 fully saturated rings. The highest BCUT2D eigenvalue weighted by atomic mass is 15.2. The summed E-state index contributed by atoms with van der Waals surface area (Å²) in [6, 6.07) is 9.50. The minimum atomic E-state index is 0.214. The van der Waals surface area contributed by atoms with Crippen LogP contribution in [-0.4, -0.2) is 43.7 Å². The average molecular weight is 261 g/mol. The topological polar surface area (TPSA) is 32.5 Å². The van der Waals surface area contributed by atoms with E-state index in [0.717, 1.165) is 19.5 Å². The molecule has 106 valence electrons. The first kappa shape index (κ1) is 14.4. The zero-order chi connectivity index (χ0) is 13.8. The number of para-hydroxylation sites is 1. The largest absolute Gasteiger partial charge is 0.367 e. The van der Waals surface area contributed by atoms with Gasteiger partial charge in [-0.05, 0) is 51.9 Å². The van der Waals surface area contributed by atoms with Crippen molar-refractivity contribution in [1.82, 2.24) is 4.90 Å². The van der Waals surface area contributed by atoms with E-state index >= 15 is 0 Å². The molecule has 0 saturated carbocycles. The van der Waals surface area contributed by atoms with Crippen LogP contribution in [-0.2, 0) is 6.42 Å². The molecule has 3 heteroatoms. The molecule has 0 bridgehead atoms. The van der Waals surface area contributed by atoms with Gasteiger partial charge in [0.2, 0.25) is 0 Å². The Labute approximate surface area is 117 Å². The summed E-state index contributed by atoms with van der Waals surface area (Å²) in [6.07, 6.45) is 2.18. The summed E-state index contributed by atoms with van der Waals surface area (Å²) >= 11 is 0. The van der Waals surface area contributed by atoms with Crippen molar-refractivity contribution in [3.63, 3.8) is 0 Å². The van der Waals surface area contributed by atoms with Gasteiger partial charge < -0.3 is 15.5 Å². The standard InChI is InChI=1S/C16H27N3/c1-13(17)11-15-7-4-5-8-16(15)19-10-6-9-18(3)12-14(19)2/h4-5,7-8,13-14H,6,9-12,17H2,1-3H3. The molecule has 1 heterocycles. The quantitative estimate of drug-likeness (QED) is 0.904. The SMILES string of the molecule is CC(N)Cc1ccccc1N1CCCN(C)CC1C. The van der Waals surface area contributed by atoms with Gasteiger partial charge in [0.25, 0.3) is 0 Å². The first-order chi connectivity index (χ1) is 9.08. The maximum atomic E-state index is 5.98. The molecule has 1 saturated heterocycles. The predicted molar refractivity (Wildman–Crippen MR) is 82.7 cm³/mol. The van der Waals surface area contributed by atoms with Crippen molar-refractivity contribution in [3.05, 3.63) is 29.8 Å². The van der Waals surface area contributed by atoms with Crippen LogP contribution in [0.15, 0.2) is 24.3 Å². The lowest BCUT2D eigenvalue weighted by molar-refractivity contribution is 0.337. The van der Waals surface area contributed by atoms with Gasteiger partial charge in [-0.1, -0.05) is 18.2 Å². The highest BCUT2D eigenvalue weighted by molar-refractivity contribution is 5.55. The molecule has 1 aromatic carbocycles. The van der Waals surface area contributed by atoms with E-state index in [1.54, 1.807) is 0 Å². The molecule has 0 aliphatic carbocycles. The molecule has 2 atom stereocenters. The van der Waals surface area contributed by atoms with Gasteiger partial charge in [-0.2, -0.15) is 0 Å². The molecule has 0 spiro atoms. The second-order valence-electron chi connectivity index (χ2n) is 5.97. The van der Waals surface area contributed by atoms with Crippen molar-refractivity contribution in [3.8, 4) is 0 Å². The lowest BCUT2D eigenvalue weighted by Crippen LogP contribution is -2.38. The number of nitrogens with zero attached hydrogens (tertiary/aromatic N) is 2. The Morgan fingerprint density at radius 2 is 2.05 bits per heavy atom. The summed E-state index contributed by atoms with van der Waals surface area (Å²) in [6.45, 7) is 7.87. The summed E-state index contributed by atoms with van der Waals surface area (Å²) in [5, 5.41) is 0. The minimum absolute atomic E-state index is 0.214. The van der Waals surface area contributed by atoms with Gasteiger partial charge >= 0.3 is 0 Å². The number of benzene rings is 1. The van der Waals surface area contributed by atoms with Crippen LogP contribution in [0, 0.1) is 0 Å². The molecule has 3 nitrogen and oxygen atoms in total. The molecule has 0 aromatic heterocycles. The zero-order valence-electron chi connectivity index (χ0n) is 12.5. The predicted octanol–water partition coefficient (Wildman–Crippen LogP) is 2.11. The third-order valence-corrected chi connectivity index (χ3v) is 3.89. The number of rotatable bonds is 3. The van der Waals surface area contributed by atoms with Crippen molar-refractivity contribution < 1.29 is 0 Å². The molecule has 2 unspecified atom stereocenters. The van der Waals surface area contributed by atoms with Crippen LogP contribution in [0.1, 0.15) is 25.8 Å². The maximum Gasteiger partial charge on any atom is 0.0402 e. The lowest BCUT2D eigenvalue weighted by atomic mass is 10.0. The molecule has 19 heavy (non-hydrogen) atoms. The maximum absolute atomic E-state index is 5.98. The van der Waals surface area contributed by atoms with Gasteiger partial charge in [-0.15, -0.1) is 0 Å². The Hall–Kier alpha value is -1.06. The van der Waals surface area contributed by atoms with Gasteiger partial charge in [-0.25, -0.2) is 0 Å². The Morgan fingerprint density at radius 3 is 2.79 bits per heavy atom. The lowest BCUT2D eigenvalue weighted by Gasteiger charge is -2.32. The summed E-state index contributed by atoms with van der Waals surface area (Å²) in [7, 11) is 2.22. The number of hydrogen-bond donors (Lipinski definition) is 1. The number of anilines is 1. The van der Waals surface area contributed by atoms with Crippen molar-refractivity contribution in [2.45, 2.75) is 38.8 Å². The van der Waals surface area contributed by atoms with Gasteiger partial charge in [0, 0.05) is 30.9 Å². The zero-order valence-corrected chi connectivity index (χ0v) is 12.5. The summed E-state index contributed by atoms with van der Waals surface area (Å²) in [5.74, 6) is 0. The fraction of sp³-hybridized carbons (Fsp3) is 0.625. The number of hydrogen-bond acceptors (Lipinski definition) is 3. The number of likely N-dealkylation sites (N-methyl/N-ethyl adjacent to an activating group) is 1. The second-order valence-corrected chi connectivity index (χ2v) is 5.97. The fourth-order valence-electron chi connectivity index (χ4n) is 3.04. The monoisotopic (exact) mass is 261 g/mol. The molecule has 2 rings (SSSR count). The van der Waals surface area contributed by atoms with E-state index in [-0.39, 0.29) is 6.04 Å². The normalized spacial score (nSPS) is 23.2. The van der Waals surface area contributed by atoms with E-state index in [4.69, 9.17) is 5.73 Å². The fourth-order valence-corrected chi connectivity index (χ4v) is 3.04. The minimum Gasteiger partial charge on any atom is -0.367 e. The third kappa shape index (κ3) is 3.71. The molecule has 0 radical (unpaired) electrons. The second kappa shape index (κ2) is 6.40. The Bertz CT molecular complexity index is 403. The molecule has 1 aliphatic rings. The van der Waals surface area contributed by atoms with Gasteiger partial charge in [0.1, 0.15) is 0 Å². The van der Waals surface area contributed by atoms with Gasteiger partial charge in [0.15, 0.2) is 0 Å². The van der Waals surface area contributed by atoms with Crippen molar-refractivity contribution in [2.75, 3.05) is 31.6 Å². The van der Waals surface area contributed by atoms with Crippen LogP contribution in [0.4, 0.5) is 5.69 Å². The Morgan fingerprint density at radius 1 is 1.32 bits per heavy atom. The summed E-state index contributed by atoms with van der Waals surface area (Å²) in [4.78, 5) is 4.99. The van der Waals surface area contributed by atoms with Crippen molar-refractivity contribution in [1.29, 1.82) is 0 Å². The van der Waals surface area contributed by atoms with E-state index < -0.39 is 0 Å². The highest BCUT2D eigenvalue weighted by Gasteiger charge is 2.21. The van der Waals surface area contributed by atoms with Gasteiger partial charge in [-0.3, -0.25) is 0 Å². The molecule has 2 N–H and O–H groups in total.